The molecule has 0 radical (unpaired) electrons. The summed E-state index contributed by atoms with van der Waals surface area (Å²) >= 11 is 3.07. The van der Waals surface area contributed by atoms with Gasteiger partial charge in [0.05, 0.1) is 4.48 Å². The molecule has 0 rings (SSSR count). The number of carbonyl (C=O) groups excluding carboxylic acids is 1. The van der Waals surface area contributed by atoms with Gasteiger partial charge in [-0.2, -0.15) is 0 Å². The molecule has 46 valence electrons. The second-order valence-corrected chi connectivity index (χ2v) is 2.41. The van der Waals surface area contributed by atoms with Crippen molar-refractivity contribution >= 4 is 22.2 Å². The molecule has 0 heterocycles. The molecule has 0 aromatic rings. The maximum Gasteiger partial charge on any atom is 0.156 e. The Morgan fingerprint density at radius 3 is 2.75 bits per heavy atom. The first-order valence-electron chi connectivity index (χ1n) is 2.62. The van der Waals surface area contributed by atoms with Gasteiger partial charge >= 0.3 is 0 Å². The van der Waals surface area contributed by atoms with E-state index in [4.69, 9.17) is 0 Å². The van der Waals surface area contributed by atoms with Crippen LogP contribution in [-0.4, -0.2) is 6.29 Å². The van der Waals surface area contributed by atoms with Crippen molar-refractivity contribution in [3.8, 4) is 0 Å². The smallest absolute Gasteiger partial charge is 0.156 e. The van der Waals surface area contributed by atoms with E-state index in [0.717, 1.165) is 19.1 Å². The largest absolute Gasteiger partial charge is 0.297 e. The van der Waals surface area contributed by atoms with E-state index < -0.39 is 0 Å². The summed E-state index contributed by atoms with van der Waals surface area (Å²) in [5.74, 6) is 0. The minimum atomic E-state index is 0.652. The second-order valence-electron chi connectivity index (χ2n) is 1.50. The molecule has 8 heavy (non-hydrogen) atoms. The number of hydrogen-bond donors (Lipinski definition) is 0. The lowest BCUT2D eigenvalue weighted by Crippen LogP contribution is -1.70. The first-order chi connectivity index (χ1) is 3.81. The highest BCUT2D eigenvalue weighted by Crippen LogP contribution is 2.02. The molecule has 0 amide bonds. The molecular formula is C6H9BrO. The SMILES string of the molecule is CCC/C=C(\Br)C=O. The van der Waals surface area contributed by atoms with Gasteiger partial charge in [-0.05, 0) is 22.4 Å². The van der Waals surface area contributed by atoms with Crippen molar-refractivity contribution in [1.82, 2.24) is 0 Å². The van der Waals surface area contributed by atoms with Crippen LogP contribution in [0.25, 0.3) is 0 Å². The molecule has 0 aliphatic rings. The molecule has 0 fully saturated rings. The van der Waals surface area contributed by atoms with E-state index in [1.54, 1.807) is 0 Å². The summed E-state index contributed by atoms with van der Waals surface area (Å²) in [5.41, 5.74) is 0. The number of hydrogen-bond acceptors (Lipinski definition) is 1. The summed E-state index contributed by atoms with van der Waals surface area (Å²) < 4.78 is 0.652. The molecule has 0 aliphatic heterocycles. The predicted molar refractivity (Wildman–Crippen MR) is 38.0 cm³/mol. The number of carbonyl (C=O) groups is 1. The Hall–Kier alpha value is -0.110. The van der Waals surface area contributed by atoms with Crippen LogP contribution >= 0.6 is 15.9 Å². The van der Waals surface area contributed by atoms with E-state index in [1.807, 2.05) is 6.08 Å². The molecule has 0 bridgehead atoms. The van der Waals surface area contributed by atoms with Crippen LogP contribution in [-0.2, 0) is 4.79 Å². The number of aldehydes is 1. The van der Waals surface area contributed by atoms with Gasteiger partial charge in [0.2, 0.25) is 0 Å². The van der Waals surface area contributed by atoms with Crippen LogP contribution in [0, 0.1) is 0 Å². The molecule has 0 atom stereocenters. The standard InChI is InChI=1S/C6H9BrO/c1-2-3-4-6(7)5-8/h4-5H,2-3H2,1H3/b6-4-. The lowest BCUT2D eigenvalue weighted by Gasteiger charge is -1.82. The summed E-state index contributed by atoms with van der Waals surface area (Å²) in [6.07, 6.45) is 4.73. The van der Waals surface area contributed by atoms with E-state index in [1.165, 1.54) is 0 Å². The topological polar surface area (TPSA) is 17.1 Å². The summed E-state index contributed by atoms with van der Waals surface area (Å²) in [5, 5.41) is 0. The zero-order valence-electron chi connectivity index (χ0n) is 4.86. The van der Waals surface area contributed by atoms with Crippen LogP contribution in [0.1, 0.15) is 19.8 Å². The van der Waals surface area contributed by atoms with Gasteiger partial charge in [-0.3, -0.25) is 4.79 Å². The summed E-state index contributed by atoms with van der Waals surface area (Å²) in [6.45, 7) is 2.07. The third-order valence-electron chi connectivity index (χ3n) is 0.741. The Kier molecular flexibility index (Phi) is 4.97. The average molecular weight is 177 g/mol. The fourth-order valence-electron chi connectivity index (χ4n) is 0.330. The van der Waals surface area contributed by atoms with Crippen molar-refractivity contribution in [2.45, 2.75) is 19.8 Å². The van der Waals surface area contributed by atoms with Gasteiger partial charge in [-0.1, -0.05) is 19.4 Å². The van der Waals surface area contributed by atoms with Crippen molar-refractivity contribution in [3.05, 3.63) is 10.6 Å². The van der Waals surface area contributed by atoms with Gasteiger partial charge in [0, 0.05) is 0 Å². The van der Waals surface area contributed by atoms with Crippen LogP contribution < -0.4 is 0 Å². The number of rotatable bonds is 3. The highest BCUT2D eigenvalue weighted by Gasteiger charge is 1.82. The second kappa shape index (κ2) is 5.04. The molecule has 1 nitrogen and oxygen atoms in total. The van der Waals surface area contributed by atoms with E-state index in [9.17, 15) is 4.79 Å². The fourth-order valence-corrected chi connectivity index (χ4v) is 0.559. The monoisotopic (exact) mass is 176 g/mol. The molecule has 2 heteroatoms. The van der Waals surface area contributed by atoms with Gasteiger partial charge in [0.15, 0.2) is 6.29 Å². The third kappa shape index (κ3) is 4.06. The van der Waals surface area contributed by atoms with Gasteiger partial charge in [-0.15, -0.1) is 0 Å². The zero-order chi connectivity index (χ0) is 6.41. The van der Waals surface area contributed by atoms with Crippen molar-refractivity contribution < 1.29 is 4.79 Å². The van der Waals surface area contributed by atoms with Crippen molar-refractivity contribution in [1.29, 1.82) is 0 Å². The van der Waals surface area contributed by atoms with Crippen molar-refractivity contribution in [3.63, 3.8) is 0 Å². The maximum atomic E-state index is 9.90. The lowest BCUT2D eigenvalue weighted by molar-refractivity contribution is -0.104. The van der Waals surface area contributed by atoms with Gasteiger partial charge in [-0.25, -0.2) is 0 Å². The molecule has 0 saturated carbocycles. The summed E-state index contributed by atoms with van der Waals surface area (Å²) in [7, 11) is 0. The van der Waals surface area contributed by atoms with Gasteiger partial charge < -0.3 is 0 Å². The first kappa shape index (κ1) is 7.89. The molecule has 0 unspecified atom stereocenters. The Morgan fingerprint density at radius 1 is 1.75 bits per heavy atom. The van der Waals surface area contributed by atoms with Crippen molar-refractivity contribution in [2.75, 3.05) is 0 Å². The van der Waals surface area contributed by atoms with Crippen LogP contribution in [0.15, 0.2) is 10.6 Å². The van der Waals surface area contributed by atoms with Crippen LogP contribution in [0.3, 0.4) is 0 Å². The van der Waals surface area contributed by atoms with E-state index >= 15 is 0 Å². The van der Waals surface area contributed by atoms with Gasteiger partial charge in [0.1, 0.15) is 0 Å². The first-order valence-corrected chi connectivity index (χ1v) is 3.41. The molecule has 0 N–H and O–H groups in total. The van der Waals surface area contributed by atoms with E-state index in [0.29, 0.717) is 4.48 Å². The highest BCUT2D eigenvalue weighted by molar-refractivity contribution is 9.12. The molecule has 0 saturated heterocycles. The molecule has 0 aliphatic carbocycles. The summed E-state index contributed by atoms with van der Waals surface area (Å²) in [4.78, 5) is 9.90. The zero-order valence-corrected chi connectivity index (χ0v) is 6.44. The Bertz CT molecular complexity index is 96.7. The number of unbranched alkanes of at least 4 members (excludes halogenated alkanes) is 1. The molecule has 0 spiro atoms. The average Bonchev–Trinajstić information content (AvgIpc) is 1.83. The fraction of sp³-hybridized carbons (Fsp3) is 0.500. The normalized spacial score (nSPS) is 11.5. The van der Waals surface area contributed by atoms with Gasteiger partial charge in [0.25, 0.3) is 0 Å². The number of halogens is 1. The predicted octanol–water partition coefficient (Wildman–Crippen LogP) is 2.26. The quantitative estimate of drug-likeness (QED) is 0.477. The van der Waals surface area contributed by atoms with E-state index in [-0.39, 0.29) is 0 Å². The Morgan fingerprint density at radius 2 is 2.38 bits per heavy atom. The van der Waals surface area contributed by atoms with Crippen LogP contribution in [0.2, 0.25) is 0 Å². The van der Waals surface area contributed by atoms with E-state index in [2.05, 4.69) is 22.9 Å². The maximum absolute atomic E-state index is 9.90. The van der Waals surface area contributed by atoms with Crippen molar-refractivity contribution in [2.24, 2.45) is 0 Å². The van der Waals surface area contributed by atoms with Crippen LogP contribution in [0.4, 0.5) is 0 Å². The minimum absolute atomic E-state index is 0.652. The Balaban J connectivity index is 3.40. The number of allylic oxidation sites excluding steroid dienone is 2. The minimum Gasteiger partial charge on any atom is -0.297 e. The third-order valence-corrected chi connectivity index (χ3v) is 1.25. The molecule has 0 aromatic carbocycles. The molecule has 0 aromatic heterocycles. The van der Waals surface area contributed by atoms with Crippen LogP contribution in [0.5, 0.6) is 0 Å². The lowest BCUT2D eigenvalue weighted by atomic mass is 10.3. The molecular weight excluding hydrogens is 168 g/mol. The summed E-state index contributed by atoms with van der Waals surface area (Å²) in [6, 6.07) is 0. The highest BCUT2D eigenvalue weighted by atomic mass is 79.9. The Labute approximate surface area is 57.9 Å².